The first-order valence-electron chi connectivity index (χ1n) is 2.17. The second-order valence-electron chi connectivity index (χ2n) is 1.47. The van der Waals surface area contributed by atoms with Gasteiger partial charge in [-0.15, -0.1) is 33.2 Å². The Morgan fingerprint density at radius 2 is 1.78 bits per heavy atom. The van der Waals surface area contributed by atoms with Gasteiger partial charge in [0.2, 0.25) is 5.24 Å². The van der Waals surface area contributed by atoms with Gasteiger partial charge in [0.15, 0.2) is 0 Å². The van der Waals surface area contributed by atoms with Crippen molar-refractivity contribution in [3.05, 3.63) is 0 Å². The fourth-order valence-electron chi connectivity index (χ4n) is 0.240. The molecule has 0 unspecified atom stereocenters. The number of hydrogen-bond donors (Lipinski definition) is 0. The number of hydrogen-bond acceptors (Lipinski definition) is 1. The Hall–Kier alpha value is 1.05. The van der Waals surface area contributed by atoms with Crippen molar-refractivity contribution in [3.63, 3.8) is 0 Å². The van der Waals surface area contributed by atoms with Crippen LogP contribution >= 0.6 is 44.8 Å². The lowest BCUT2D eigenvalue weighted by molar-refractivity contribution is -0.111. The Morgan fingerprint density at radius 1 is 1.33 bits per heavy atom. The molecule has 1 nitrogen and oxygen atoms in total. The van der Waals surface area contributed by atoms with E-state index in [1.54, 1.807) is 0 Å². The Bertz CT molecular complexity index is 109. The minimum absolute atomic E-state index is 0.157. The van der Waals surface area contributed by atoms with E-state index in [2.05, 4.69) is 0 Å². The molecule has 0 saturated carbocycles. The molecule has 6 heteroatoms. The molecule has 0 aromatic carbocycles. The zero-order chi connectivity index (χ0) is 7.49. The Kier molecular flexibility index (Phi) is 4.51. The summed E-state index contributed by atoms with van der Waals surface area (Å²) in [4.78, 5) is 10.1. The largest absolute Gasteiger partial charge is 0.341 e. The van der Waals surface area contributed by atoms with Crippen molar-refractivity contribution in [3.8, 4) is 0 Å². The third-order valence-corrected chi connectivity index (χ3v) is 3.31. The van der Waals surface area contributed by atoms with Crippen LogP contribution in [0, 0.1) is 0 Å². The molecule has 0 aromatic rings. The predicted molar refractivity (Wildman–Crippen MR) is 43.6 cm³/mol. The molecule has 0 aliphatic carbocycles. The molecule has 54 valence electrons. The highest BCUT2D eigenvalue weighted by atomic mass is 35.8. The number of carbonyl (C=O) groups is 1. The summed E-state index contributed by atoms with van der Waals surface area (Å²) in [6, 6.07) is -2.30. The highest BCUT2D eigenvalue weighted by Crippen LogP contribution is 2.26. The van der Waals surface area contributed by atoms with Crippen LogP contribution in [0.4, 0.5) is 0 Å². The standard InChI is InChI=1S/C3H4Cl4OSi/c4-3(8)1-2-9(5,6)7/h1-2H2. The summed E-state index contributed by atoms with van der Waals surface area (Å²) < 4.78 is 0. The SMILES string of the molecule is O=C(Cl)CC[Si](Cl)(Cl)Cl. The van der Waals surface area contributed by atoms with E-state index >= 15 is 0 Å². The average molecular weight is 226 g/mol. The molecule has 0 rings (SSSR count). The summed E-state index contributed by atoms with van der Waals surface area (Å²) in [6.07, 6.45) is 0.157. The van der Waals surface area contributed by atoms with Crippen molar-refractivity contribution in [2.75, 3.05) is 0 Å². The maximum atomic E-state index is 10.1. The average Bonchev–Trinajstić information content (AvgIpc) is 1.59. The topological polar surface area (TPSA) is 17.1 Å². The monoisotopic (exact) mass is 224 g/mol. The van der Waals surface area contributed by atoms with Crippen LogP contribution in [0.1, 0.15) is 6.42 Å². The van der Waals surface area contributed by atoms with Crippen LogP contribution in [0.2, 0.25) is 6.04 Å². The minimum atomic E-state index is -2.61. The predicted octanol–water partition coefficient (Wildman–Crippen LogP) is 2.80. The second kappa shape index (κ2) is 4.04. The second-order valence-corrected chi connectivity index (χ2v) is 11.2. The summed E-state index contributed by atoms with van der Waals surface area (Å²) in [5.41, 5.74) is 0. The number of rotatable bonds is 3. The lowest BCUT2D eigenvalue weighted by atomic mass is 10.5. The lowest BCUT2D eigenvalue weighted by Crippen LogP contribution is -2.09. The molecule has 0 spiro atoms. The minimum Gasteiger partial charge on any atom is -0.281 e. The van der Waals surface area contributed by atoms with E-state index < -0.39 is 11.2 Å². The van der Waals surface area contributed by atoms with E-state index in [0.29, 0.717) is 6.04 Å². The molecule has 0 aliphatic heterocycles. The van der Waals surface area contributed by atoms with Crippen LogP contribution in [0.15, 0.2) is 0 Å². The van der Waals surface area contributed by atoms with Crippen LogP contribution in [0.5, 0.6) is 0 Å². The molecule has 0 saturated heterocycles. The van der Waals surface area contributed by atoms with Crippen molar-refractivity contribution in [2.45, 2.75) is 12.5 Å². The summed E-state index contributed by atoms with van der Waals surface area (Å²) in [6.45, 7) is 0. The van der Waals surface area contributed by atoms with Crippen LogP contribution in [0.3, 0.4) is 0 Å². The first-order chi connectivity index (χ1) is 3.92. The molecule has 9 heavy (non-hydrogen) atoms. The zero-order valence-corrected chi connectivity index (χ0v) is 8.36. The quantitative estimate of drug-likeness (QED) is 0.410. The summed E-state index contributed by atoms with van der Waals surface area (Å²) in [7, 11) is 0. The van der Waals surface area contributed by atoms with Gasteiger partial charge in [-0.3, -0.25) is 4.79 Å². The molecule has 0 heterocycles. The number of halogens is 4. The third kappa shape index (κ3) is 9.05. The van der Waals surface area contributed by atoms with E-state index in [-0.39, 0.29) is 6.42 Å². The molecule has 0 radical (unpaired) electrons. The van der Waals surface area contributed by atoms with Crippen LogP contribution in [-0.2, 0) is 4.79 Å². The Morgan fingerprint density at radius 3 is 1.89 bits per heavy atom. The van der Waals surface area contributed by atoms with Crippen LogP contribution < -0.4 is 0 Å². The molecule has 0 atom stereocenters. The molecular weight excluding hydrogens is 222 g/mol. The molecule has 0 aliphatic rings. The van der Waals surface area contributed by atoms with E-state index in [1.807, 2.05) is 0 Å². The smallest absolute Gasteiger partial charge is 0.281 e. The maximum absolute atomic E-state index is 10.1. The lowest BCUT2D eigenvalue weighted by Gasteiger charge is -2.02. The van der Waals surface area contributed by atoms with E-state index in [9.17, 15) is 4.79 Å². The summed E-state index contributed by atoms with van der Waals surface area (Å²) in [5, 5.41) is -0.450. The maximum Gasteiger partial charge on any atom is 0.341 e. The van der Waals surface area contributed by atoms with E-state index in [0.717, 1.165) is 0 Å². The van der Waals surface area contributed by atoms with Gasteiger partial charge in [-0.2, -0.15) is 0 Å². The fourth-order valence-corrected chi connectivity index (χ4v) is 1.85. The zero-order valence-electron chi connectivity index (χ0n) is 4.33. The van der Waals surface area contributed by atoms with Gasteiger partial charge in [-0.25, -0.2) is 0 Å². The molecule has 0 aromatic heterocycles. The van der Waals surface area contributed by atoms with Crippen molar-refractivity contribution >= 4 is 56.1 Å². The van der Waals surface area contributed by atoms with Crippen LogP contribution in [0.25, 0.3) is 0 Å². The first kappa shape index (κ1) is 10.0. The number of carbonyl (C=O) groups excluding carboxylic acids is 1. The third-order valence-electron chi connectivity index (χ3n) is 0.605. The molecule has 0 amide bonds. The Balaban J connectivity index is 3.39. The highest BCUT2D eigenvalue weighted by molar-refractivity contribution is 7.64. The molecular formula is C3H4Cl4OSi. The normalized spacial score (nSPS) is 11.6. The fraction of sp³-hybridized carbons (Fsp3) is 0.667. The van der Waals surface area contributed by atoms with Gasteiger partial charge in [0.05, 0.1) is 0 Å². The molecule has 0 N–H and O–H groups in total. The van der Waals surface area contributed by atoms with Gasteiger partial charge < -0.3 is 0 Å². The van der Waals surface area contributed by atoms with E-state index in [4.69, 9.17) is 44.8 Å². The van der Waals surface area contributed by atoms with Crippen molar-refractivity contribution in [1.29, 1.82) is 0 Å². The van der Waals surface area contributed by atoms with Crippen molar-refractivity contribution < 1.29 is 4.79 Å². The summed E-state index contributed by atoms with van der Waals surface area (Å²) >= 11 is 21.3. The molecule has 0 fully saturated rings. The first-order valence-corrected chi connectivity index (χ1v) is 7.79. The van der Waals surface area contributed by atoms with Crippen molar-refractivity contribution in [2.24, 2.45) is 0 Å². The summed E-state index contributed by atoms with van der Waals surface area (Å²) in [5.74, 6) is 0. The molecule has 0 bridgehead atoms. The highest BCUT2D eigenvalue weighted by Gasteiger charge is 2.24. The van der Waals surface area contributed by atoms with Gasteiger partial charge in [-0.05, 0) is 17.6 Å². The van der Waals surface area contributed by atoms with Gasteiger partial charge >= 0.3 is 6.00 Å². The van der Waals surface area contributed by atoms with Gasteiger partial charge in [0.1, 0.15) is 0 Å². The Labute approximate surface area is 73.3 Å². The van der Waals surface area contributed by atoms with Gasteiger partial charge in [-0.1, -0.05) is 0 Å². The van der Waals surface area contributed by atoms with Gasteiger partial charge in [0.25, 0.3) is 0 Å². The van der Waals surface area contributed by atoms with Crippen LogP contribution in [-0.4, -0.2) is 11.2 Å². The van der Waals surface area contributed by atoms with E-state index in [1.165, 1.54) is 0 Å². The van der Waals surface area contributed by atoms with Crippen molar-refractivity contribution in [1.82, 2.24) is 0 Å². The van der Waals surface area contributed by atoms with Gasteiger partial charge in [0, 0.05) is 6.42 Å².